The first-order valence-corrected chi connectivity index (χ1v) is 11.2. The van der Waals surface area contributed by atoms with Crippen molar-refractivity contribution in [3.63, 3.8) is 0 Å². The summed E-state index contributed by atoms with van der Waals surface area (Å²) in [6.07, 6.45) is 1.34. The summed E-state index contributed by atoms with van der Waals surface area (Å²) in [6.45, 7) is 0.876. The second-order valence-electron chi connectivity index (χ2n) is 8.05. The van der Waals surface area contributed by atoms with Gasteiger partial charge in [-0.15, -0.1) is 11.3 Å². The zero-order valence-corrected chi connectivity index (χ0v) is 18.4. The van der Waals surface area contributed by atoms with Crippen molar-refractivity contribution in [1.82, 2.24) is 4.90 Å². The fourth-order valence-electron chi connectivity index (χ4n) is 4.31. The first-order chi connectivity index (χ1) is 15.0. The number of hydrogen-bond donors (Lipinski definition) is 1. The number of carbonyl (C=O) groups is 2. The van der Waals surface area contributed by atoms with Gasteiger partial charge in [0.25, 0.3) is 0 Å². The fraction of sp³-hybridized carbons (Fsp3) is 0.280. The first kappa shape index (κ1) is 21.1. The van der Waals surface area contributed by atoms with Crippen molar-refractivity contribution >= 4 is 23.2 Å². The third-order valence-corrected chi connectivity index (χ3v) is 6.96. The Balaban J connectivity index is 1.50. The van der Waals surface area contributed by atoms with Crippen LogP contribution in [0, 0.1) is 5.41 Å². The summed E-state index contributed by atoms with van der Waals surface area (Å²) < 4.78 is 5.36. The molecule has 1 saturated heterocycles. The average Bonchev–Trinajstić information content (AvgIpc) is 3.45. The number of likely N-dealkylation sites (tertiary alicyclic amines) is 1. The number of rotatable bonds is 7. The van der Waals surface area contributed by atoms with E-state index < -0.39 is 5.41 Å². The lowest BCUT2D eigenvalue weighted by Gasteiger charge is -2.26. The summed E-state index contributed by atoms with van der Waals surface area (Å²) in [4.78, 5) is 28.5. The molecule has 1 unspecified atom stereocenters. The number of hydrogen-bond acceptors (Lipinski definition) is 4. The van der Waals surface area contributed by atoms with Crippen molar-refractivity contribution in [1.29, 1.82) is 0 Å². The number of methoxy groups -OCH3 is 1. The van der Waals surface area contributed by atoms with Gasteiger partial charge in [-0.2, -0.15) is 0 Å². The molecule has 0 spiro atoms. The third kappa shape index (κ3) is 4.49. The number of benzene rings is 2. The van der Waals surface area contributed by atoms with Crippen LogP contribution < -0.4 is 10.5 Å². The van der Waals surface area contributed by atoms with E-state index in [4.69, 9.17) is 10.5 Å². The average molecular weight is 435 g/mol. The molecule has 2 aromatic carbocycles. The molecule has 31 heavy (non-hydrogen) atoms. The van der Waals surface area contributed by atoms with Crippen LogP contribution in [0.5, 0.6) is 5.75 Å². The number of nitrogens with two attached hydrogens (primary N) is 1. The lowest BCUT2D eigenvalue weighted by molar-refractivity contribution is -0.131. The Labute approximate surface area is 186 Å². The molecule has 1 aromatic heterocycles. The van der Waals surface area contributed by atoms with E-state index in [1.54, 1.807) is 23.3 Å². The summed E-state index contributed by atoms with van der Waals surface area (Å²) >= 11 is 1.69. The molecule has 0 radical (unpaired) electrons. The van der Waals surface area contributed by atoms with Crippen molar-refractivity contribution in [2.75, 3.05) is 20.2 Å². The Bertz CT molecular complexity index is 1080. The molecule has 1 aliphatic rings. The Morgan fingerprint density at radius 1 is 1.13 bits per heavy atom. The second kappa shape index (κ2) is 8.94. The minimum Gasteiger partial charge on any atom is -0.496 e. The largest absolute Gasteiger partial charge is 0.496 e. The molecule has 2 N–H and O–H groups in total. The predicted octanol–water partition coefficient (Wildman–Crippen LogP) is 3.91. The van der Waals surface area contributed by atoms with Crippen LogP contribution in [0.2, 0.25) is 0 Å². The SMILES string of the molecule is COc1ccccc1CC(=O)N1CCC(Cc2cccc(-c3cccs3)c2)(C(N)=O)C1. The van der Waals surface area contributed by atoms with Crippen LogP contribution in [-0.2, 0) is 22.4 Å². The van der Waals surface area contributed by atoms with Gasteiger partial charge in [0, 0.05) is 23.5 Å². The number of thiophene rings is 1. The maximum atomic E-state index is 13.0. The second-order valence-corrected chi connectivity index (χ2v) is 9.00. The van der Waals surface area contributed by atoms with Gasteiger partial charge in [-0.25, -0.2) is 0 Å². The van der Waals surface area contributed by atoms with Crippen LogP contribution in [0.4, 0.5) is 0 Å². The molecule has 3 aromatic rings. The highest BCUT2D eigenvalue weighted by Crippen LogP contribution is 2.36. The van der Waals surface area contributed by atoms with E-state index in [0.29, 0.717) is 31.7 Å². The van der Waals surface area contributed by atoms with Crippen molar-refractivity contribution in [3.05, 3.63) is 77.2 Å². The summed E-state index contributed by atoms with van der Waals surface area (Å²) in [6, 6.07) is 19.9. The number of carbonyl (C=O) groups excluding carboxylic acids is 2. The Kier molecular flexibility index (Phi) is 6.09. The number of nitrogens with zero attached hydrogens (tertiary/aromatic N) is 1. The zero-order chi connectivity index (χ0) is 21.8. The van der Waals surface area contributed by atoms with Gasteiger partial charge < -0.3 is 15.4 Å². The molecule has 4 rings (SSSR count). The number of ether oxygens (including phenoxy) is 1. The normalized spacial score (nSPS) is 18.2. The summed E-state index contributed by atoms with van der Waals surface area (Å²) in [5, 5.41) is 2.05. The molecule has 0 aliphatic carbocycles. The fourth-order valence-corrected chi connectivity index (χ4v) is 5.03. The predicted molar refractivity (Wildman–Crippen MR) is 123 cm³/mol. The van der Waals surface area contributed by atoms with Crippen LogP contribution in [0.15, 0.2) is 66.0 Å². The van der Waals surface area contributed by atoms with E-state index in [1.807, 2.05) is 42.5 Å². The van der Waals surface area contributed by atoms with Crippen molar-refractivity contribution in [2.45, 2.75) is 19.3 Å². The highest BCUT2D eigenvalue weighted by Gasteiger charge is 2.44. The van der Waals surface area contributed by atoms with Crippen LogP contribution in [-0.4, -0.2) is 36.9 Å². The van der Waals surface area contributed by atoms with Gasteiger partial charge in [0.1, 0.15) is 5.75 Å². The van der Waals surface area contributed by atoms with Crippen LogP contribution in [0.25, 0.3) is 10.4 Å². The highest BCUT2D eigenvalue weighted by molar-refractivity contribution is 7.13. The maximum absolute atomic E-state index is 13.0. The summed E-state index contributed by atoms with van der Waals surface area (Å²) in [7, 11) is 1.60. The third-order valence-electron chi connectivity index (χ3n) is 6.04. The molecule has 2 heterocycles. The van der Waals surface area contributed by atoms with Crippen molar-refractivity contribution in [3.8, 4) is 16.2 Å². The lowest BCUT2D eigenvalue weighted by atomic mass is 9.80. The molecule has 1 fully saturated rings. The van der Waals surface area contributed by atoms with Gasteiger partial charge in [0.05, 0.1) is 18.9 Å². The Morgan fingerprint density at radius 2 is 1.97 bits per heavy atom. The quantitative estimate of drug-likeness (QED) is 0.613. The van der Waals surface area contributed by atoms with E-state index in [-0.39, 0.29) is 18.2 Å². The van der Waals surface area contributed by atoms with E-state index >= 15 is 0 Å². The molecule has 1 aliphatic heterocycles. The molecule has 160 valence electrons. The van der Waals surface area contributed by atoms with Gasteiger partial charge in [0.2, 0.25) is 11.8 Å². The molecule has 1 atom stereocenters. The number of para-hydroxylation sites is 1. The van der Waals surface area contributed by atoms with E-state index in [0.717, 1.165) is 16.7 Å². The maximum Gasteiger partial charge on any atom is 0.227 e. The van der Waals surface area contributed by atoms with Gasteiger partial charge in [-0.1, -0.05) is 48.5 Å². The van der Waals surface area contributed by atoms with Crippen LogP contribution in [0.1, 0.15) is 17.5 Å². The standard InChI is InChI=1S/C25H26N2O3S/c1-30-21-9-3-2-7-19(21)15-23(28)27-12-11-25(17-27,24(26)29)16-18-6-4-8-20(14-18)22-10-5-13-31-22/h2-10,13-14H,11-12,15-17H2,1H3,(H2,26,29). The van der Waals surface area contributed by atoms with E-state index in [9.17, 15) is 9.59 Å². The molecule has 0 bridgehead atoms. The highest BCUT2D eigenvalue weighted by atomic mass is 32.1. The van der Waals surface area contributed by atoms with Gasteiger partial charge in [0.15, 0.2) is 0 Å². The monoisotopic (exact) mass is 434 g/mol. The molecule has 5 nitrogen and oxygen atoms in total. The van der Waals surface area contributed by atoms with Crippen molar-refractivity contribution < 1.29 is 14.3 Å². The van der Waals surface area contributed by atoms with Gasteiger partial charge in [-0.3, -0.25) is 9.59 Å². The minimum absolute atomic E-state index is 0.0139. The van der Waals surface area contributed by atoms with E-state index in [2.05, 4.69) is 23.6 Å². The zero-order valence-electron chi connectivity index (χ0n) is 17.5. The number of primary amides is 1. The van der Waals surface area contributed by atoms with Gasteiger partial charge >= 0.3 is 0 Å². The molecule has 6 heteroatoms. The smallest absolute Gasteiger partial charge is 0.227 e. The first-order valence-electron chi connectivity index (χ1n) is 10.3. The van der Waals surface area contributed by atoms with Crippen LogP contribution >= 0.6 is 11.3 Å². The number of amides is 2. The van der Waals surface area contributed by atoms with Gasteiger partial charge in [-0.05, 0) is 41.5 Å². The molecule has 2 amide bonds. The topological polar surface area (TPSA) is 72.6 Å². The molecular weight excluding hydrogens is 408 g/mol. The summed E-state index contributed by atoms with van der Waals surface area (Å²) in [5.74, 6) is 0.336. The van der Waals surface area contributed by atoms with E-state index in [1.165, 1.54) is 4.88 Å². The van der Waals surface area contributed by atoms with Crippen molar-refractivity contribution in [2.24, 2.45) is 11.1 Å². The minimum atomic E-state index is -0.746. The summed E-state index contributed by atoms with van der Waals surface area (Å²) in [5.41, 5.74) is 8.17. The van der Waals surface area contributed by atoms with Crippen LogP contribution in [0.3, 0.4) is 0 Å². The Hall–Kier alpha value is -3.12. The molecule has 0 saturated carbocycles. The lowest BCUT2D eigenvalue weighted by Crippen LogP contribution is -2.42. The molecular formula is C25H26N2O3S. The Morgan fingerprint density at radius 3 is 2.71 bits per heavy atom.